The van der Waals surface area contributed by atoms with Gasteiger partial charge in [0, 0.05) is 5.38 Å². The number of aromatic amines is 1. The minimum atomic E-state index is -5.82. The Hall–Kier alpha value is -1.32. The molecule has 2 aromatic rings. The van der Waals surface area contributed by atoms with Gasteiger partial charge in [-0.3, -0.25) is 9.09 Å². The van der Waals surface area contributed by atoms with Crippen molar-refractivity contribution in [3.63, 3.8) is 0 Å². The lowest BCUT2D eigenvalue weighted by Gasteiger charge is -2.27. The summed E-state index contributed by atoms with van der Waals surface area (Å²) in [5.74, 6) is 0.313. The van der Waals surface area contributed by atoms with Crippen LogP contribution < -0.4 is 5.73 Å². The number of fused-ring (bicyclic) bond motifs is 1. The summed E-state index contributed by atoms with van der Waals surface area (Å²) < 4.78 is 69.8. The van der Waals surface area contributed by atoms with Crippen molar-refractivity contribution in [1.82, 2.24) is 19.5 Å². The van der Waals surface area contributed by atoms with E-state index >= 15 is 4.39 Å². The molecule has 0 radical (unpaired) electrons. The molecule has 0 amide bonds. The van der Waals surface area contributed by atoms with Crippen LogP contribution in [0.25, 0.3) is 11.2 Å². The van der Waals surface area contributed by atoms with Crippen LogP contribution in [0, 0.1) is 21.9 Å². The van der Waals surface area contributed by atoms with Gasteiger partial charge in [0.2, 0.25) is 5.67 Å². The monoisotopic (exact) mass is 627 g/mol. The highest BCUT2D eigenvalue weighted by Gasteiger charge is 2.60. The third-order valence-electron chi connectivity index (χ3n) is 4.91. The number of ether oxygens (including phenoxy) is 1. The fourth-order valence-electron chi connectivity index (χ4n) is 3.63. The maximum Gasteiger partial charge on any atom is 0.490 e. The van der Waals surface area contributed by atoms with Crippen LogP contribution in [-0.2, 0) is 31.6 Å². The molecule has 37 heavy (non-hydrogen) atoms. The zero-order chi connectivity index (χ0) is 28.0. The molecule has 1 aliphatic rings. The highest BCUT2D eigenvalue weighted by atomic mass is 35.5. The van der Waals surface area contributed by atoms with Gasteiger partial charge < -0.3 is 40.1 Å². The zero-order valence-corrected chi connectivity index (χ0v) is 22.4. The molecule has 3 heterocycles. The summed E-state index contributed by atoms with van der Waals surface area (Å²) in [5, 5.41) is 11.8. The van der Waals surface area contributed by atoms with Crippen LogP contribution in [0.3, 0.4) is 0 Å². The Balaban J connectivity index is 1.97. The smallest absolute Gasteiger partial charge is 0.396 e. The van der Waals surface area contributed by atoms with E-state index in [4.69, 9.17) is 48.6 Å². The van der Waals surface area contributed by atoms with Crippen molar-refractivity contribution in [2.24, 2.45) is 5.92 Å². The van der Waals surface area contributed by atoms with E-state index in [2.05, 4.69) is 29.5 Å². The molecule has 0 aromatic carbocycles. The number of alkyl halides is 1. The van der Waals surface area contributed by atoms with Crippen LogP contribution in [0.4, 0.5) is 10.3 Å². The molecule has 1 aliphatic heterocycles. The number of rotatable bonds is 9. The van der Waals surface area contributed by atoms with Crippen LogP contribution >= 0.6 is 47.3 Å². The molecule has 0 bridgehead atoms. The minimum absolute atomic E-state index is 0.0350. The van der Waals surface area contributed by atoms with Crippen molar-refractivity contribution in [2.45, 2.75) is 31.0 Å². The minimum Gasteiger partial charge on any atom is -0.396 e. The first-order chi connectivity index (χ1) is 16.9. The standard InChI is InChI=1S/C14H18ClFN5O12P3S/c1-6(31-35(26,27)33-36(28,29)32-34(23,24)25)9-7(4-22)14(16,2-3-15)12(30-9)21-5-18-8-10(21)19-13(17)20-11(8)37/h5-7,9,12,22H,4H2,1H3,(H,26,27)(H,28,29)(H2,23,24,25)(H3,17,19,20,37)/t6-,7?,9+,12+,14?/m0/s1. The summed E-state index contributed by atoms with van der Waals surface area (Å²) in [4.78, 5) is 46.9. The largest absolute Gasteiger partial charge is 0.490 e. The van der Waals surface area contributed by atoms with Gasteiger partial charge in [0.25, 0.3) is 0 Å². The molecular weight excluding hydrogens is 610 g/mol. The van der Waals surface area contributed by atoms with E-state index in [0.717, 1.165) is 17.8 Å². The van der Waals surface area contributed by atoms with Gasteiger partial charge in [-0.15, -0.1) is 0 Å². The molecule has 0 aliphatic carbocycles. The lowest BCUT2D eigenvalue weighted by atomic mass is 9.85. The molecule has 4 unspecified atom stereocenters. The molecule has 0 saturated carbocycles. The van der Waals surface area contributed by atoms with E-state index < -0.39 is 60.1 Å². The number of nitrogen functional groups attached to an aromatic ring is 1. The highest BCUT2D eigenvalue weighted by Crippen LogP contribution is 2.67. The molecule has 2 aromatic heterocycles. The third-order valence-corrected chi connectivity index (χ3v) is 9.22. The summed E-state index contributed by atoms with van der Waals surface area (Å²) in [5.41, 5.74) is 3.01. The number of halogens is 2. The predicted molar refractivity (Wildman–Crippen MR) is 123 cm³/mol. The fraction of sp³-hybridized carbons (Fsp3) is 0.500. The van der Waals surface area contributed by atoms with Crippen LogP contribution in [-0.4, -0.2) is 68.7 Å². The Labute approximate surface area is 216 Å². The number of hydrogen-bond acceptors (Lipinski definition) is 12. The van der Waals surface area contributed by atoms with Crippen molar-refractivity contribution in [3.05, 3.63) is 11.0 Å². The number of nitrogens with zero attached hydrogens (tertiary/aromatic N) is 3. The summed E-state index contributed by atoms with van der Waals surface area (Å²) >= 11 is 10.5. The maximum absolute atomic E-state index is 16.3. The summed E-state index contributed by atoms with van der Waals surface area (Å²) in [7, 11) is -17.1. The zero-order valence-electron chi connectivity index (χ0n) is 18.1. The summed E-state index contributed by atoms with van der Waals surface area (Å²) in [6.07, 6.45) is -3.95. The molecule has 1 fully saturated rings. The van der Waals surface area contributed by atoms with E-state index in [1.165, 1.54) is 0 Å². The van der Waals surface area contributed by atoms with Crippen molar-refractivity contribution >= 4 is 64.4 Å². The third kappa shape index (κ3) is 6.64. The number of aliphatic hydroxyl groups is 1. The van der Waals surface area contributed by atoms with Crippen molar-refractivity contribution in [2.75, 3.05) is 12.3 Å². The fourth-order valence-corrected chi connectivity index (χ4v) is 7.23. The van der Waals surface area contributed by atoms with Gasteiger partial charge in [-0.25, -0.2) is 28.1 Å². The maximum atomic E-state index is 16.3. The number of nitrogens with one attached hydrogen (secondary N) is 1. The van der Waals surface area contributed by atoms with Crippen molar-refractivity contribution < 1.29 is 60.6 Å². The first-order valence-corrected chi connectivity index (χ1v) is 14.9. The van der Waals surface area contributed by atoms with Gasteiger partial charge in [-0.2, -0.15) is 8.62 Å². The number of nitrogens with two attached hydrogens (primary N) is 1. The molecule has 7 atom stereocenters. The quantitative estimate of drug-likeness (QED) is 0.117. The lowest BCUT2D eigenvalue weighted by Crippen LogP contribution is -2.42. The normalized spacial score (nSPS) is 28.3. The summed E-state index contributed by atoms with van der Waals surface area (Å²) in [6.45, 7) is 0.0731. The number of phosphoric ester groups is 1. The van der Waals surface area contributed by atoms with Gasteiger partial charge >= 0.3 is 23.5 Å². The first-order valence-electron chi connectivity index (χ1n) is 9.55. The average Bonchev–Trinajstić information content (AvgIpc) is 3.23. The van der Waals surface area contributed by atoms with Gasteiger partial charge in [0.15, 0.2) is 16.8 Å². The summed E-state index contributed by atoms with van der Waals surface area (Å²) in [6, 6.07) is 0. The number of anilines is 1. The Kier molecular flexibility index (Phi) is 8.73. The van der Waals surface area contributed by atoms with E-state index in [0.29, 0.717) is 0 Å². The van der Waals surface area contributed by atoms with E-state index in [-0.39, 0.29) is 21.8 Å². The number of H-pyrrole nitrogens is 1. The molecule has 206 valence electrons. The number of aromatic nitrogens is 4. The predicted octanol–water partition coefficient (Wildman–Crippen LogP) is 1.22. The molecule has 17 nitrogen and oxygen atoms in total. The Morgan fingerprint density at radius 1 is 1.35 bits per heavy atom. The molecule has 3 rings (SSSR count). The molecule has 23 heteroatoms. The molecule has 1 saturated heterocycles. The van der Waals surface area contributed by atoms with Gasteiger partial charge in [-0.1, -0.05) is 12.2 Å². The second-order valence-corrected chi connectivity index (χ2v) is 12.4. The van der Waals surface area contributed by atoms with Gasteiger partial charge in [-0.05, 0) is 24.4 Å². The Morgan fingerprint density at radius 3 is 2.57 bits per heavy atom. The van der Waals surface area contributed by atoms with Crippen LogP contribution in [0.15, 0.2) is 6.33 Å². The highest BCUT2D eigenvalue weighted by molar-refractivity contribution is 7.71. The van der Waals surface area contributed by atoms with Crippen molar-refractivity contribution in [3.8, 4) is 11.3 Å². The second kappa shape index (κ2) is 10.7. The average molecular weight is 628 g/mol. The van der Waals surface area contributed by atoms with Gasteiger partial charge in [0.05, 0.1) is 31.1 Å². The molecule has 8 N–H and O–H groups in total. The SMILES string of the molecule is C[C@H](OP(=O)(O)OP(=O)(O)OP(=O)(O)O)[C@H]1O[C@@H](n2cnc3c(=S)nc(N)[nH]c32)C(F)(C#CCl)C1CO. The van der Waals surface area contributed by atoms with Crippen molar-refractivity contribution in [1.29, 1.82) is 0 Å². The number of aliphatic hydroxyl groups excluding tert-OH is 1. The first kappa shape index (κ1) is 30.2. The molecular formula is C14H18ClFN5O12P3S. The van der Waals surface area contributed by atoms with Crippen LogP contribution in [0.5, 0.6) is 0 Å². The second-order valence-electron chi connectivity index (χ2n) is 7.41. The topological polar surface area (TPSA) is 262 Å². The molecule has 0 spiro atoms. The Bertz CT molecular complexity index is 1460. The Morgan fingerprint density at radius 2 is 2.00 bits per heavy atom. The number of phosphoric acid groups is 3. The number of imidazole rings is 1. The van der Waals surface area contributed by atoms with E-state index in [9.17, 15) is 28.6 Å². The van der Waals surface area contributed by atoms with E-state index in [1.54, 1.807) is 0 Å². The van der Waals surface area contributed by atoms with E-state index in [1.807, 2.05) is 5.38 Å². The van der Waals surface area contributed by atoms with Crippen LogP contribution in [0.2, 0.25) is 0 Å². The number of hydrogen-bond donors (Lipinski definition) is 7. The van der Waals surface area contributed by atoms with Crippen LogP contribution in [0.1, 0.15) is 13.2 Å². The van der Waals surface area contributed by atoms with Gasteiger partial charge in [0.1, 0.15) is 11.2 Å². The lowest BCUT2D eigenvalue weighted by molar-refractivity contribution is -0.0712.